The van der Waals surface area contributed by atoms with Gasteiger partial charge in [-0.1, -0.05) is 49.2 Å². The lowest BCUT2D eigenvalue weighted by Crippen LogP contribution is -2.51. The Labute approximate surface area is 134 Å². The van der Waals surface area contributed by atoms with Crippen molar-refractivity contribution in [3.63, 3.8) is 0 Å². The van der Waals surface area contributed by atoms with E-state index in [1.54, 1.807) is 23.9 Å². The lowest BCUT2D eigenvalue weighted by Gasteiger charge is -2.31. The molecule has 1 fully saturated rings. The quantitative estimate of drug-likeness (QED) is 0.783. The predicted octanol–water partition coefficient (Wildman–Crippen LogP) is 2.76. The van der Waals surface area contributed by atoms with Gasteiger partial charge in [0, 0.05) is 5.56 Å². The largest absolute Gasteiger partial charge is 0.283 e. The van der Waals surface area contributed by atoms with Gasteiger partial charge in [-0.15, -0.1) is 0 Å². The van der Waals surface area contributed by atoms with Gasteiger partial charge in [-0.25, -0.2) is 9.98 Å². The number of thioether (sulfide) groups is 1. The number of nitrogens with one attached hydrogen (secondary N) is 2. The summed E-state index contributed by atoms with van der Waals surface area (Å²) < 4.78 is 0. The van der Waals surface area contributed by atoms with Crippen molar-refractivity contribution in [3.8, 4) is 0 Å². The van der Waals surface area contributed by atoms with Gasteiger partial charge in [0.2, 0.25) is 0 Å². The number of carbonyl (C=O) groups excluding carboxylic acids is 1. The fourth-order valence-corrected chi connectivity index (χ4v) is 3.41. The average molecular weight is 316 g/mol. The highest BCUT2D eigenvalue weighted by Gasteiger charge is 2.41. The minimum Gasteiger partial charge on any atom is -0.283 e. The van der Waals surface area contributed by atoms with Crippen molar-refractivity contribution in [2.45, 2.75) is 37.6 Å². The van der Waals surface area contributed by atoms with Crippen LogP contribution in [0.4, 0.5) is 0 Å². The summed E-state index contributed by atoms with van der Waals surface area (Å²) in [6.07, 6.45) is 7.51. The Morgan fingerprint density at radius 2 is 1.91 bits per heavy atom. The standard InChI is InChI=1S/C16H20N4OS/c1-22-15-17-14(16(18-15)10-6-3-7-11-16)20-19-13(21)12-8-4-2-5-9-12/h2,4-5,8-9H,3,6-7,10-11H2,1H3,(H,19,21)(H,17,18,20). The summed E-state index contributed by atoms with van der Waals surface area (Å²) in [6.45, 7) is 0. The summed E-state index contributed by atoms with van der Waals surface area (Å²) in [5, 5.41) is 0.790. The molecular weight excluding hydrogens is 296 g/mol. The van der Waals surface area contributed by atoms with Crippen molar-refractivity contribution in [2.24, 2.45) is 9.98 Å². The number of hydrazine groups is 1. The third-order valence-corrected chi connectivity index (χ3v) is 4.70. The zero-order chi connectivity index (χ0) is 15.4. The molecule has 1 aromatic carbocycles. The highest BCUT2D eigenvalue weighted by Crippen LogP contribution is 2.36. The first-order valence-corrected chi connectivity index (χ1v) is 8.80. The maximum Gasteiger partial charge on any atom is 0.269 e. The second-order valence-electron chi connectivity index (χ2n) is 5.60. The first kappa shape index (κ1) is 15.1. The van der Waals surface area contributed by atoms with Crippen LogP contribution in [0.1, 0.15) is 42.5 Å². The molecule has 0 atom stereocenters. The Morgan fingerprint density at radius 3 is 2.59 bits per heavy atom. The van der Waals surface area contributed by atoms with E-state index in [1.165, 1.54) is 6.42 Å². The monoisotopic (exact) mass is 316 g/mol. The molecule has 6 heteroatoms. The zero-order valence-electron chi connectivity index (χ0n) is 12.6. The predicted molar refractivity (Wildman–Crippen MR) is 91.2 cm³/mol. The number of hydrogen-bond donors (Lipinski definition) is 2. The van der Waals surface area contributed by atoms with Crippen LogP contribution in [0.25, 0.3) is 0 Å². The molecule has 1 spiro atoms. The fourth-order valence-electron chi connectivity index (χ4n) is 2.96. The molecule has 1 aliphatic carbocycles. The van der Waals surface area contributed by atoms with E-state index in [0.29, 0.717) is 5.56 Å². The van der Waals surface area contributed by atoms with E-state index in [2.05, 4.69) is 15.8 Å². The van der Waals surface area contributed by atoms with Crippen LogP contribution in [-0.4, -0.2) is 28.7 Å². The number of aliphatic imine (C=N–C) groups is 2. The molecule has 1 aromatic rings. The SMILES string of the molecule is CSC1=NC2(CCCCC2)C(NNC(=O)c2ccccc2)=N1. The molecule has 116 valence electrons. The molecule has 1 saturated carbocycles. The molecule has 3 rings (SSSR count). The van der Waals surface area contributed by atoms with Crippen LogP contribution in [0.15, 0.2) is 40.3 Å². The van der Waals surface area contributed by atoms with Crippen LogP contribution >= 0.6 is 11.8 Å². The van der Waals surface area contributed by atoms with E-state index < -0.39 is 0 Å². The van der Waals surface area contributed by atoms with Crippen LogP contribution in [0, 0.1) is 0 Å². The lowest BCUT2D eigenvalue weighted by molar-refractivity contribution is 0.0942. The first-order chi connectivity index (χ1) is 10.7. The van der Waals surface area contributed by atoms with E-state index in [-0.39, 0.29) is 11.4 Å². The summed E-state index contributed by atoms with van der Waals surface area (Å²) in [5.41, 5.74) is 6.14. The first-order valence-electron chi connectivity index (χ1n) is 7.58. The molecule has 0 bridgehead atoms. The molecular formula is C16H20N4OS. The maximum atomic E-state index is 12.2. The third kappa shape index (κ3) is 3.02. The summed E-state index contributed by atoms with van der Waals surface area (Å²) in [7, 11) is 0. The van der Waals surface area contributed by atoms with Crippen molar-refractivity contribution in [1.29, 1.82) is 0 Å². The van der Waals surface area contributed by atoms with E-state index in [9.17, 15) is 4.79 Å². The third-order valence-electron chi connectivity index (χ3n) is 4.15. The van der Waals surface area contributed by atoms with Gasteiger partial charge in [0.25, 0.3) is 5.91 Å². The second kappa shape index (κ2) is 6.52. The molecule has 1 aliphatic heterocycles. The minimum atomic E-state index is -0.263. The lowest BCUT2D eigenvalue weighted by atomic mass is 9.81. The summed E-state index contributed by atoms with van der Waals surface area (Å²) in [5.74, 6) is 0.618. The van der Waals surface area contributed by atoms with Crippen molar-refractivity contribution in [1.82, 2.24) is 10.9 Å². The van der Waals surface area contributed by atoms with Crippen LogP contribution in [0.5, 0.6) is 0 Å². The molecule has 0 saturated heterocycles. The zero-order valence-corrected chi connectivity index (χ0v) is 13.4. The summed E-state index contributed by atoms with van der Waals surface area (Å²) in [4.78, 5) is 21.5. The van der Waals surface area contributed by atoms with Crippen molar-refractivity contribution >= 4 is 28.7 Å². The van der Waals surface area contributed by atoms with Gasteiger partial charge in [-0.3, -0.25) is 15.6 Å². The Balaban J connectivity index is 1.70. The molecule has 1 amide bonds. The van der Waals surface area contributed by atoms with Crippen LogP contribution in [0.3, 0.4) is 0 Å². The molecule has 1 heterocycles. The van der Waals surface area contributed by atoms with Crippen LogP contribution in [0.2, 0.25) is 0 Å². The number of nitrogens with zero attached hydrogens (tertiary/aromatic N) is 2. The second-order valence-corrected chi connectivity index (χ2v) is 6.37. The maximum absolute atomic E-state index is 12.2. The molecule has 2 N–H and O–H groups in total. The van der Waals surface area contributed by atoms with Gasteiger partial charge in [0.1, 0.15) is 5.54 Å². The molecule has 0 aromatic heterocycles. The molecule has 0 unspecified atom stereocenters. The molecule has 5 nitrogen and oxygen atoms in total. The van der Waals surface area contributed by atoms with Gasteiger partial charge in [-0.2, -0.15) is 0 Å². The smallest absolute Gasteiger partial charge is 0.269 e. The minimum absolute atomic E-state index is 0.160. The number of benzene rings is 1. The number of rotatable bonds is 1. The number of amides is 1. The summed E-state index contributed by atoms with van der Waals surface area (Å²) >= 11 is 1.54. The molecule has 0 radical (unpaired) electrons. The van der Waals surface area contributed by atoms with Crippen molar-refractivity contribution in [2.75, 3.05) is 6.26 Å². The highest BCUT2D eigenvalue weighted by molar-refractivity contribution is 8.13. The highest BCUT2D eigenvalue weighted by atomic mass is 32.2. The number of carbonyl (C=O) groups is 1. The van der Waals surface area contributed by atoms with Crippen LogP contribution < -0.4 is 10.9 Å². The van der Waals surface area contributed by atoms with Gasteiger partial charge < -0.3 is 0 Å². The summed E-state index contributed by atoms with van der Waals surface area (Å²) in [6, 6.07) is 9.15. The van der Waals surface area contributed by atoms with Gasteiger partial charge in [-0.05, 0) is 31.2 Å². The van der Waals surface area contributed by atoms with Gasteiger partial charge in [0.05, 0.1) is 0 Å². The number of amidine groups is 2. The van der Waals surface area contributed by atoms with Gasteiger partial charge in [0.15, 0.2) is 11.0 Å². The normalized spacial score (nSPS) is 19.5. The topological polar surface area (TPSA) is 65.8 Å². The van der Waals surface area contributed by atoms with Gasteiger partial charge >= 0.3 is 0 Å². The fraction of sp³-hybridized carbons (Fsp3) is 0.438. The van der Waals surface area contributed by atoms with Crippen molar-refractivity contribution < 1.29 is 4.79 Å². The Hall–Kier alpha value is -1.82. The van der Waals surface area contributed by atoms with Crippen molar-refractivity contribution in [3.05, 3.63) is 35.9 Å². The Morgan fingerprint density at radius 1 is 1.18 bits per heavy atom. The Kier molecular flexibility index (Phi) is 4.47. The van der Waals surface area contributed by atoms with E-state index in [1.807, 2.05) is 24.5 Å². The van der Waals surface area contributed by atoms with E-state index in [0.717, 1.165) is 36.7 Å². The molecule has 2 aliphatic rings. The Bertz CT molecular complexity index is 606. The molecule has 22 heavy (non-hydrogen) atoms. The van der Waals surface area contributed by atoms with E-state index in [4.69, 9.17) is 4.99 Å². The van der Waals surface area contributed by atoms with E-state index >= 15 is 0 Å². The number of hydrogen-bond acceptors (Lipinski definition) is 5. The average Bonchev–Trinajstić information content (AvgIpc) is 2.91. The van der Waals surface area contributed by atoms with Crippen LogP contribution in [-0.2, 0) is 0 Å².